The molecule has 5 heteroatoms. The number of ether oxygens (including phenoxy) is 1. The average molecular weight is 358 g/mol. The summed E-state index contributed by atoms with van der Waals surface area (Å²) in [7, 11) is 0. The van der Waals surface area contributed by atoms with Crippen LogP contribution in [0, 0.1) is 5.92 Å². The van der Waals surface area contributed by atoms with Gasteiger partial charge in [0, 0.05) is 19.0 Å². The van der Waals surface area contributed by atoms with E-state index in [0.717, 1.165) is 18.5 Å². The molecule has 0 radical (unpaired) electrons. The largest absolute Gasteiger partial charge is 0.489 e. The van der Waals surface area contributed by atoms with Crippen molar-refractivity contribution in [1.82, 2.24) is 5.32 Å². The summed E-state index contributed by atoms with van der Waals surface area (Å²) in [4.78, 5) is 27.0. The average Bonchev–Trinajstić information content (AvgIpc) is 2.81. The van der Waals surface area contributed by atoms with Crippen LogP contribution in [0.3, 0.4) is 0 Å². The Bertz CT molecular complexity index is 636. The summed E-state index contributed by atoms with van der Waals surface area (Å²) in [6, 6.07) is 7.83. The molecule has 1 heterocycles. The van der Waals surface area contributed by atoms with E-state index < -0.39 is 0 Å². The Hall–Kier alpha value is -2.04. The molecule has 1 saturated heterocycles. The molecular formula is C21H30N2O3. The van der Waals surface area contributed by atoms with Crippen LogP contribution in [-0.4, -0.2) is 30.5 Å². The molecule has 26 heavy (non-hydrogen) atoms. The molecular weight excluding hydrogens is 328 g/mol. The second-order valence-electron chi connectivity index (χ2n) is 7.74. The molecule has 2 aliphatic rings. The van der Waals surface area contributed by atoms with Crippen molar-refractivity contribution in [3.63, 3.8) is 0 Å². The number of benzene rings is 1. The van der Waals surface area contributed by atoms with E-state index in [1.165, 1.54) is 25.7 Å². The van der Waals surface area contributed by atoms with Gasteiger partial charge in [-0.1, -0.05) is 37.8 Å². The highest BCUT2D eigenvalue weighted by Crippen LogP contribution is 2.33. The number of rotatable bonds is 5. The maximum Gasteiger partial charge on any atom is 0.227 e. The highest BCUT2D eigenvalue weighted by molar-refractivity contribution is 6.01. The van der Waals surface area contributed by atoms with Gasteiger partial charge in [-0.3, -0.25) is 9.59 Å². The SMILES string of the molecule is CC(C)Oc1ccccc1N1CC(C(=O)NC2CCCCCC2)CC1=O. The minimum Gasteiger partial charge on any atom is -0.489 e. The van der Waals surface area contributed by atoms with Gasteiger partial charge < -0.3 is 15.0 Å². The highest BCUT2D eigenvalue weighted by atomic mass is 16.5. The topological polar surface area (TPSA) is 58.6 Å². The van der Waals surface area contributed by atoms with Crippen molar-refractivity contribution in [1.29, 1.82) is 0 Å². The number of hydrogen-bond donors (Lipinski definition) is 1. The third-order valence-corrected chi connectivity index (χ3v) is 5.22. The summed E-state index contributed by atoms with van der Waals surface area (Å²) in [6.45, 7) is 4.35. The maximum absolute atomic E-state index is 12.7. The quantitative estimate of drug-likeness (QED) is 0.817. The van der Waals surface area contributed by atoms with E-state index in [4.69, 9.17) is 4.74 Å². The molecule has 5 nitrogen and oxygen atoms in total. The van der Waals surface area contributed by atoms with Crippen LogP contribution in [0.25, 0.3) is 0 Å². The molecule has 1 atom stereocenters. The van der Waals surface area contributed by atoms with Gasteiger partial charge in [0.05, 0.1) is 17.7 Å². The van der Waals surface area contributed by atoms with Gasteiger partial charge in [0.25, 0.3) is 0 Å². The first kappa shape index (κ1) is 18.7. The summed E-state index contributed by atoms with van der Waals surface area (Å²) >= 11 is 0. The number of amides is 2. The molecule has 1 aliphatic heterocycles. The van der Waals surface area contributed by atoms with Crippen LogP contribution in [0.15, 0.2) is 24.3 Å². The Kier molecular flexibility index (Phi) is 6.17. The van der Waals surface area contributed by atoms with Crippen molar-refractivity contribution < 1.29 is 14.3 Å². The van der Waals surface area contributed by atoms with Crippen LogP contribution in [0.1, 0.15) is 58.8 Å². The zero-order chi connectivity index (χ0) is 18.5. The number of carbonyl (C=O) groups is 2. The van der Waals surface area contributed by atoms with Gasteiger partial charge in [-0.15, -0.1) is 0 Å². The Morgan fingerprint density at radius 2 is 1.85 bits per heavy atom. The van der Waals surface area contributed by atoms with Gasteiger partial charge in [0.1, 0.15) is 5.75 Å². The summed E-state index contributed by atoms with van der Waals surface area (Å²) in [5, 5.41) is 3.19. The fraction of sp³-hybridized carbons (Fsp3) is 0.619. The molecule has 1 N–H and O–H groups in total. The molecule has 2 amide bonds. The van der Waals surface area contributed by atoms with Crippen molar-refractivity contribution in [3.8, 4) is 5.75 Å². The zero-order valence-corrected chi connectivity index (χ0v) is 15.9. The van der Waals surface area contributed by atoms with Gasteiger partial charge in [0.15, 0.2) is 0 Å². The Balaban J connectivity index is 1.66. The minimum atomic E-state index is -0.280. The van der Waals surface area contributed by atoms with Crippen molar-refractivity contribution in [2.24, 2.45) is 5.92 Å². The van der Waals surface area contributed by atoms with E-state index in [-0.39, 0.29) is 36.3 Å². The normalized spacial score (nSPS) is 21.7. The number of nitrogens with one attached hydrogen (secondary N) is 1. The monoisotopic (exact) mass is 358 g/mol. The van der Waals surface area contributed by atoms with Gasteiger partial charge in [-0.2, -0.15) is 0 Å². The van der Waals surface area contributed by atoms with Crippen molar-refractivity contribution in [2.75, 3.05) is 11.4 Å². The Morgan fingerprint density at radius 1 is 1.15 bits per heavy atom. The molecule has 2 fully saturated rings. The fourth-order valence-corrected chi connectivity index (χ4v) is 3.89. The molecule has 1 unspecified atom stereocenters. The first-order valence-electron chi connectivity index (χ1n) is 9.91. The van der Waals surface area contributed by atoms with Crippen molar-refractivity contribution in [3.05, 3.63) is 24.3 Å². The first-order valence-corrected chi connectivity index (χ1v) is 9.91. The summed E-state index contributed by atoms with van der Waals surface area (Å²) in [6.07, 6.45) is 7.30. The second kappa shape index (κ2) is 8.56. The van der Waals surface area contributed by atoms with E-state index >= 15 is 0 Å². The molecule has 3 rings (SSSR count). The molecule has 1 saturated carbocycles. The third-order valence-electron chi connectivity index (χ3n) is 5.22. The van der Waals surface area contributed by atoms with Crippen LogP contribution >= 0.6 is 0 Å². The predicted molar refractivity (Wildman–Crippen MR) is 102 cm³/mol. The smallest absolute Gasteiger partial charge is 0.227 e. The van der Waals surface area contributed by atoms with E-state index in [1.54, 1.807) is 4.90 Å². The zero-order valence-electron chi connectivity index (χ0n) is 15.9. The Labute approximate surface area is 156 Å². The van der Waals surface area contributed by atoms with Crippen molar-refractivity contribution >= 4 is 17.5 Å². The molecule has 0 aromatic heterocycles. The maximum atomic E-state index is 12.7. The lowest BCUT2D eigenvalue weighted by atomic mass is 10.0. The summed E-state index contributed by atoms with van der Waals surface area (Å²) in [5.41, 5.74) is 0.760. The lowest BCUT2D eigenvalue weighted by Gasteiger charge is -2.22. The number of hydrogen-bond acceptors (Lipinski definition) is 3. The predicted octanol–water partition coefficient (Wildman–Crippen LogP) is 3.67. The van der Waals surface area contributed by atoms with Crippen LogP contribution in [0.2, 0.25) is 0 Å². The number of para-hydroxylation sites is 2. The fourth-order valence-electron chi connectivity index (χ4n) is 3.89. The number of anilines is 1. The molecule has 1 aliphatic carbocycles. The molecule has 0 spiro atoms. The standard InChI is InChI=1S/C21H30N2O3/c1-15(2)26-19-12-8-7-11-18(19)23-14-16(13-20(23)24)21(25)22-17-9-5-3-4-6-10-17/h7-8,11-12,15-17H,3-6,9-10,13-14H2,1-2H3,(H,22,25). The van der Waals surface area contributed by atoms with E-state index in [1.807, 2.05) is 38.1 Å². The Morgan fingerprint density at radius 3 is 2.54 bits per heavy atom. The van der Waals surface area contributed by atoms with Crippen molar-refractivity contribution in [2.45, 2.75) is 70.9 Å². The number of carbonyl (C=O) groups excluding carboxylic acids is 2. The third kappa shape index (κ3) is 4.57. The van der Waals surface area contributed by atoms with Crippen LogP contribution in [0.5, 0.6) is 5.75 Å². The molecule has 1 aromatic rings. The summed E-state index contributed by atoms with van der Waals surface area (Å²) < 4.78 is 5.84. The van der Waals surface area contributed by atoms with Crippen LogP contribution in [-0.2, 0) is 9.59 Å². The van der Waals surface area contributed by atoms with Gasteiger partial charge in [-0.25, -0.2) is 0 Å². The van der Waals surface area contributed by atoms with Gasteiger partial charge >= 0.3 is 0 Å². The van der Waals surface area contributed by atoms with Crippen LogP contribution < -0.4 is 15.0 Å². The molecule has 0 bridgehead atoms. The van der Waals surface area contributed by atoms with E-state index in [9.17, 15) is 9.59 Å². The first-order chi connectivity index (χ1) is 12.5. The van der Waals surface area contributed by atoms with E-state index in [0.29, 0.717) is 12.3 Å². The lowest BCUT2D eigenvalue weighted by Crippen LogP contribution is -2.39. The van der Waals surface area contributed by atoms with Gasteiger partial charge in [-0.05, 0) is 38.8 Å². The summed E-state index contributed by atoms with van der Waals surface area (Å²) in [5.74, 6) is 0.430. The minimum absolute atomic E-state index is 0.00850. The van der Waals surface area contributed by atoms with E-state index in [2.05, 4.69) is 5.32 Å². The lowest BCUT2D eigenvalue weighted by molar-refractivity contribution is -0.127. The second-order valence-corrected chi connectivity index (χ2v) is 7.74. The molecule has 142 valence electrons. The number of nitrogens with zero attached hydrogens (tertiary/aromatic N) is 1. The van der Waals surface area contributed by atoms with Gasteiger partial charge in [0.2, 0.25) is 11.8 Å². The molecule has 1 aromatic carbocycles. The highest BCUT2D eigenvalue weighted by Gasteiger charge is 2.36. The van der Waals surface area contributed by atoms with Crippen LogP contribution in [0.4, 0.5) is 5.69 Å².